The van der Waals surface area contributed by atoms with E-state index in [-0.39, 0.29) is 6.09 Å². The molecule has 2 fully saturated rings. The largest absolute Gasteiger partial charge is 0.444 e. The highest BCUT2D eigenvalue weighted by atomic mass is 32.2. The minimum Gasteiger partial charge on any atom is -0.444 e. The molecule has 2 aliphatic rings. The van der Waals surface area contributed by atoms with Crippen LogP contribution in [-0.2, 0) is 4.74 Å². The van der Waals surface area contributed by atoms with Gasteiger partial charge in [-0.1, -0.05) is 18.2 Å². The first-order chi connectivity index (χ1) is 11.9. The smallest absolute Gasteiger partial charge is 0.410 e. The summed E-state index contributed by atoms with van der Waals surface area (Å²) >= 11 is 1.59. The van der Waals surface area contributed by atoms with Gasteiger partial charge in [0.1, 0.15) is 11.4 Å². The Bertz CT molecular complexity index is 620. The zero-order valence-corrected chi connectivity index (χ0v) is 16.4. The van der Waals surface area contributed by atoms with Crippen molar-refractivity contribution < 1.29 is 9.53 Å². The Balaban J connectivity index is 1.65. The molecule has 0 unspecified atom stereocenters. The third kappa shape index (κ3) is 4.57. The Morgan fingerprint density at radius 2 is 1.88 bits per heavy atom. The maximum atomic E-state index is 12.2. The van der Waals surface area contributed by atoms with Crippen molar-refractivity contribution in [2.75, 3.05) is 37.3 Å². The zero-order chi connectivity index (χ0) is 18.0. The van der Waals surface area contributed by atoms with Crippen molar-refractivity contribution in [3.8, 4) is 0 Å². The summed E-state index contributed by atoms with van der Waals surface area (Å²) in [5.74, 6) is 1.58. The maximum absolute atomic E-state index is 12.2. The Hall–Kier alpha value is -1.50. The van der Waals surface area contributed by atoms with E-state index in [1.165, 1.54) is 25.0 Å². The van der Waals surface area contributed by atoms with Crippen LogP contribution in [0.15, 0.2) is 11.2 Å². The third-order valence-corrected chi connectivity index (χ3v) is 5.22. The molecule has 138 valence electrons. The number of piperazine rings is 1. The molecule has 0 atom stereocenters. The number of amides is 1. The minimum atomic E-state index is -0.453. The van der Waals surface area contributed by atoms with Crippen molar-refractivity contribution in [2.45, 2.75) is 56.7 Å². The first-order valence-corrected chi connectivity index (χ1v) is 10.2. The van der Waals surface area contributed by atoms with E-state index in [1.807, 2.05) is 27.0 Å². The van der Waals surface area contributed by atoms with Crippen LogP contribution >= 0.6 is 11.8 Å². The zero-order valence-electron chi connectivity index (χ0n) is 15.6. The number of hydrogen-bond acceptors (Lipinski definition) is 6. The van der Waals surface area contributed by atoms with Crippen molar-refractivity contribution in [3.63, 3.8) is 0 Å². The van der Waals surface area contributed by atoms with Crippen molar-refractivity contribution in [1.29, 1.82) is 0 Å². The van der Waals surface area contributed by atoms with Gasteiger partial charge in [0.2, 0.25) is 0 Å². The summed E-state index contributed by atoms with van der Waals surface area (Å²) in [6.45, 7) is 8.55. The lowest BCUT2D eigenvalue weighted by Crippen LogP contribution is -2.50. The maximum Gasteiger partial charge on any atom is 0.410 e. The van der Waals surface area contributed by atoms with Crippen LogP contribution in [0.5, 0.6) is 0 Å². The number of ether oxygens (including phenoxy) is 1. The summed E-state index contributed by atoms with van der Waals surface area (Å²) in [6.07, 6.45) is 5.56. The summed E-state index contributed by atoms with van der Waals surface area (Å²) in [4.78, 5) is 25.6. The molecule has 1 aliphatic heterocycles. The fourth-order valence-electron chi connectivity index (χ4n) is 3.04. The number of aromatic nitrogens is 2. The Morgan fingerprint density at radius 3 is 2.40 bits per heavy atom. The van der Waals surface area contributed by atoms with Gasteiger partial charge in [0.25, 0.3) is 0 Å². The molecule has 1 saturated carbocycles. The van der Waals surface area contributed by atoms with E-state index < -0.39 is 5.60 Å². The van der Waals surface area contributed by atoms with E-state index in [2.05, 4.69) is 16.0 Å². The molecule has 0 spiro atoms. The molecule has 3 rings (SSSR count). The molecule has 0 N–H and O–H groups in total. The molecule has 6 nitrogen and oxygen atoms in total. The van der Waals surface area contributed by atoms with Gasteiger partial charge in [-0.2, -0.15) is 0 Å². The van der Waals surface area contributed by atoms with E-state index in [4.69, 9.17) is 9.72 Å². The van der Waals surface area contributed by atoms with E-state index in [0.29, 0.717) is 19.0 Å². The second-order valence-corrected chi connectivity index (χ2v) is 8.49. The Kier molecular flexibility index (Phi) is 5.41. The lowest BCUT2D eigenvalue weighted by Gasteiger charge is -2.36. The van der Waals surface area contributed by atoms with Gasteiger partial charge < -0.3 is 14.5 Å². The van der Waals surface area contributed by atoms with Crippen LogP contribution in [0.25, 0.3) is 0 Å². The second kappa shape index (κ2) is 7.40. The number of hydrogen-bond donors (Lipinski definition) is 0. The third-order valence-electron chi connectivity index (χ3n) is 4.67. The standard InChI is InChI=1S/C18H28N4O2S/c1-18(2,3)24-17(23)22-10-8-21(9-11-22)15-12-14(13-6-5-7-13)19-16(20-15)25-4/h12-13H,5-11H2,1-4H3. The van der Waals surface area contributed by atoms with E-state index in [9.17, 15) is 4.79 Å². The van der Waals surface area contributed by atoms with Crippen molar-refractivity contribution in [2.24, 2.45) is 0 Å². The van der Waals surface area contributed by atoms with Crippen LogP contribution in [-0.4, -0.2) is 59.0 Å². The fraction of sp³-hybridized carbons (Fsp3) is 0.722. The van der Waals surface area contributed by atoms with E-state index in [1.54, 1.807) is 16.7 Å². The molecule has 0 bridgehead atoms. The predicted molar refractivity (Wildman–Crippen MR) is 100 cm³/mol. The van der Waals surface area contributed by atoms with Crippen LogP contribution in [0.1, 0.15) is 51.6 Å². The topological polar surface area (TPSA) is 58.6 Å². The number of nitrogens with zero attached hydrogens (tertiary/aromatic N) is 4. The summed E-state index contributed by atoms with van der Waals surface area (Å²) in [7, 11) is 0. The Labute approximate surface area is 154 Å². The first kappa shape index (κ1) is 18.3. The predicted octanol–water partition coefficient (Wildman–Crippen LogP) is 3.52. The monoisotopic (exact) mass is 364 g/mol. The highest BCUT2D eigenvalue weighted by Gasteiger charge is 2.28. The van der Waals surface area contributed by atoms with Crippen molar-refractivity contribution >= 4 is 23.7 Å². The van der Waals surface area contributed by atoms with Crippen LogP contribution < -0.4 is 4.90 Å². The Morgan fingerprint density at radius 1 is 1.20 bits per heavy atom. The number of carbonyl (C=O) groups is 1. The van der Waals surface area contributed by atoms with Gasteiger partial charge in [0.15, 0.2) is 5.16 Å². The summed E-state index contributed by atoms with van der Waals surface area (Å²) in [5, 5.41) is 0.842. The lowest BCUT2D eigenvalue weighted by atomic mass is 9.83. The number of thioether (sulfide) groups is 1. The molecule has 1 aliphatic carbocycles. The molecule has 0 radical (unpaired) electrons. The lowest BCUT2D eigenvalue weighted by molar-refractivity contribution is 0.0240. The quantitative estimate of drug-likeness (QED) is 0.604. The SMILES string of the molecule is CSc1nc(C2CCC2)cc(N2CCN(C(=O)OC(C)(C)C)CC2)n1. The molecule has 1 amide bonds. The molecule has 1 aromatic heterocycles. The number of rotatable bonds is 3. The number of carbonyl (C=O) groups excluding carboxylic acids is 1. The summed E-state index contributed by atoms with van der Waals surface area (Å²) in [6, 6.07) is 2.15. The van der Waals surface area contributed by atoms with Gasteiger partial charge in [-0.25, -0.2) is 14.8 Å². The van der Waals surface area contributed by atoms with E-state index >= 15 is 0 Å². The molecular formula is C18H28N4O2S. The molecular weight excluding hydrogens is 336 g/mol. The van der Waals surface area contributed by atoms with Crippen LogP contribution in [0.2, 0.25) is 0 Å². The molecule has 7 heteroatoms. The van der Waals surface area contributed by atoms with Crippen LogP contribution in [0, 0.1) is 0 Å². The van der Waals surface area contributed by atoms with Gasteiger partial charge in [-0.3, -0.25) is 0 Å². The average molecular weight is 365 g/mol. The highest BCUT2D eigenvalue weighted by Crippen LogP contribution is 2.37. The number of anilines is 1. The molecule has 25 heavy (non-hydrogen) atoms. The van der Waals surface area contributed by atoms with Gasteiger partial charge in [0.05, 0.1) is 5.69 Å². The van der Waals surface area contributed by atoms with Crippen molar-refractivity contribution in [1.82, 2.24) is 14.9 Å². The molecule has 0 aromatic carbocycles. The fourth-order valence-corrected chi connectivity index (χ4v) is 3.42. The van der Waals surface area contributed by atoms with Crippen LogP contribution in [0.4, 0.5) is 10.6 Å². The van der Waals surface area contributed by atoms with Gasteiger partial charge in [-0.15, -0.1) is 0 Å². The van der Waals surface area contributed by atoms with Gasteiger partial charge >= 0.3 is 6.09 Å². The molecule has 1 saturated heterocycles. The van der Waals surface area contributed by atoms with Crippen molar-refractivity contribution in [3.05, 3.63) is 11.8 Å². The first-order valence-electron chi connectivity index (χ1n) is 9.01. The van der Waals surface area contributed by atoms with Gasteiger partial charge in [-0.05, 0) is 39.9 Å². The minimum absolute atomic E-state index is 0.227. The van der Waals surface area contributed by atoms with E-state index in [0.717, 1.165) is 24.1 Å². The summed E-state index contributed by atoms with van der Waals surface area (Å²) < 4.78 is 5.47. The molecule has 1 aromatic rings. The van der Waals surface area contributed by atoms with Crippen LogP contribution in [0.3, 0.4) is 0 Å². The van der Waals surface area contributed by atoms with Gasteiger partial charge in [0, 0.05) is 38.2 Å². The summed E-state index contributed by atoms with van der Waals surface area (Å²) in [5.41, 5.74) is 0.724. The molecule has 2 heterocycles. The normalized spacial score (nSPS) is 18.9. The average Bonchev–Trinajstić information content (AvgIpc) is 2.51. The highest BCUT2D eigenvalue weighted by molar-refractivity contribution is 7.98. The second-order valence-electron chi connectivity index (χ2n) is 7.72.